The van der Waals surface area contributed by atoms with Crippen molar-refractivity contribution in [2.75, 3.05) is 39.9 Å². The summed E-state index contributed by atoms with van der Waals surface area (Å²) in [5.41, 5.74) is 0. The van der Waals surface area contributed by atoms with Gasteiger partial charge in [0.05, 0.1) is 0 Å². The molecular weight excluding hydrogens is 200 g/mol. The Labute approximate surface area is 101 Å². The summed E-state index contributed by atoms with van der Waals surface area (Å²) in [6.07, 6.45) is 6.62. The zero-order chi connectivity index (χ0) is 11.6. The molecule has 0 aliphatic carbocycles. The summed E-state index contributed by atoms with van der Waals surface area (Å²) in [7, 11) is 2.26. The fourth-order valence-electron chi connectivity index (χ4n) is 2.35. The molecule has 0 radical (unpaired) electrons. The lowest BCUT2D eigenvalue weighted by Crippen LogP contribution is -2.38. The van der Waals surface area contributed by atoms with Gasteiger partial charge in [-0.15, -0.1) is 0 Å². The van der Waals surface area contributed by atoms with Crippen molar-refractivity contribution in [3.05, 3.63) is 0 Å². The molecule has 0 spiro atoms. The Morgan fingerprint density at radius 2 is 2.19 bits per heavy atom. The van der Waals surface area contributed by atoms with E-state index < -0.39 is 0 Å². The van der Waals surface area contributed by atoms with Crippen molar-refractivity contribution in [1.29, 1.82) is 0 Å². The van der Waals surface area contributed by atoms with Crippen LogP contribution in [0.25, 0.3) is 0 Å². The van der Waals surface area contributed by atoms with Crippen LogP contribution in [0.2, 0.25) is 0 Å². The molecule has 1 aliphatic rings. The Morgan fingerprint density at radius 3 is 2.94 bits per heavy atom. The summed E-state index contributed by atoms with van der Waals surface area (Å²) in [6.45, 7) is 7.32. The highest BCUT2D eigenvalue weighted by atomic mass is 16.5. The highest BCUT2D eigenvalue weighted by molar-refractivity contribution is 4.74. The van der Waals surface area contributed by atoms with Gasteiger partial charge in [-0.1, -0.05) is 6.42 Å². The average Bonchev–Trinajstić information content (AvgIpc) is 2.30. The molecule has 16 heavy (non-hydrogen) atoms. The second kappa shape index (κ2) is 8.97. The van der Waals surface area contributed by atoms with E-state index in [0.29, 0.717) is 0 Å². The molecule has 0 bridgehead atoms. The molecule has 0 aromatic carbocycles. The molecule has 1 fully saturated rings. The number of piperidine rings is 1. The van der Waals surface area contributed by atoms with Crippen LogP contribution in [0.5, 0.6) is 0 Å². The van der Waals surface area contributed by atoms with Gasteiger partial charge in [0.15, 0.2) is 0 Å². The van der Waals surface area contributed by atoms with Gasteiger partial charge in [0.2, 0.25) is 0 Å². The monoisotopic (exact) mass is 228 g/mol. The van der Waals surface area contributed by atoms with Crippen molar-refractivity contribution >= 4 is 0 Å². The van der Waals surface area contributed by atoms with Gasteiger partial charge in [0, 0.05) is 19.3 Å². The van der Waals surface area contributed by atoms with Gasteiger partial charge in [-0.3, -0.25) is 0 Å². The minimum atomic E-state index is 0.813. The molecule has 1 heterocycles. The first-order valence-electron chi connectivity index (χ1n) is 6.83. The first-order chi connectivity index (χ1) is 7.84. The van der Waals surface area contributed by atoms with Crippen molar-refractivity contribution in [2.45, 2.75) is 45.1 Å². The summed E-state index contributed by atoms with van der Waals surface area (Å²) in [5.74, 6) is 0. The van der Waals surface area contributed by atoms with Gasteiger partial charge in [0.25, 0.3) is 0 Å². The number of ether oxygens (including phenoxy) is 1. The van der Waals surface area contributed by atoms with Crippen LogP contribution in [-0.4, -0.2) is 50.8 Å². The van der Waals surface area contributed by atoms with Crippen LogP contribution < -0.4 is 5.32 Å². The Balaban J connectivity index is 1.90. The number of likely N-dealkylation sites (tertiary alicyclic amines) is 1. The Kier molecular flexibility index (Phi) is 7.81. The minimum Gasteiger partial charge on any atom is -0.382 e. The van der Waals surface area contributed by atoms with Crippen molar-refractivity contribution < 1.29 is 4.74 Å². The fourth-order valence-corrected chi connectivity index (χ4v) is 2.35. The molecule has 0 saturated carbocycles. The molecule has 0 aromatic heterocycles. The van der Waals surface area contributed by atoms with Crippen LogP contribution in [-0.2, 0) is 4.74 Å². The van der Waals surface area contributed by atoms with E-state index in [-0.39, 0.29) is 0 Å². The Hall–Kier alpha value is -0.120. The molecule has 0 aromatic rings. The maximum atomic E-state index is 5.30. The first-order valence-corrected chi connectivity index (χ1v) is 6.83. The van der Waals surface area contributed by atoms with E-state index in [2.05, 4.69) is 17.3 Å². The van der Waals surface area contributed by atoms with Crippen LogP contribution in [0.4, 0.5) is 0 Å². The van der Waals surface area contributed by atoms with Crippen LogP contribution in [0.1, 0.15) is 39.0 Å². The van der Waals surface area contributed by atoms with E-state index in [0.717, 1.165) is 38.8 Å². The molecule has 1 saturated heterocycles. The summed E-state index contributed by atoms with van der Waals surface area (Å²) < 4.78 is 5.30. The molecule has 0 amide bonds. The number of hydrogen-bond donors (Lipinski definition) is 1. The molecule has 1 N–H and O–H groups in total. The molecule has 1 atom stereocenters. The van der Waals surface area contributed by atoms with E-state index in [1.54, 1.807) is 0 Å². The van der Waals surface area contributed by atoms with Crippen molar-refractivity contribution in [1.82, 2.24) is 10.2 Å². The standard InChI is InChI=1S/C13H28N2O/c1-3-16-12-6-9-14-10-8-13-7-4-5-11-15(13)2/h13-14H,3-12H2,1-2H3. The average molecular weight is 228 g/mol. The van der Waals surface area contributed by atoms with Crippen LogP contribution in [0.15, 0.2) is 0 Å². The second-order valence-electron chi connectivity index (χ2n) is 4.72. The van der Waals surface area contributed by atoms with Gasteiger partial charge in [-0.05, 0) is 59.3 Å². The fraction of sp³-hybridized carbons (Fsp3) is 1.00. The number of rotatable bonds is 8. The maximum absolute atomic E-state index is 5.30. The topological polar surface area (TPSA) is 24.5 Å². The maximum Gasteiger partial charge on any atom is 0.0477 e. The summed E-state index contributed by atoms with van der Waals surface area (Å²) in [6, 6.07) is 0.813. The van der Waals surface area contributed by atoms with E-state index >= 15 is 0 Å². The van der Waals surface area contributed by atoms with Gasteiger partial charge in [-0.2, -0.15) is 0 Å². The molecule has 1 aliphatic heterocycles. The van der Waals surface area contributed by atoms with Crippen molar-refractivity contribution in [3.63, 3.8) is 0 Å². The van der Waals surface area contributed by atoms with E-state index in [4.69, 9.17) is 4.74 Å². The van der Waals surface area contributed by atoms with Gasteiger partial charge >= 0.3 is 0 Å². The third-order valence-electron chi connectivity index (χ3n) is 3.42. The van der Waals surface area contributed by atoms with Crippen molar-refractivity contribution in [3.8, 4) is 0 Å². The molecule has 3 heteroatoms. The quantitative estimate of drug-likeness (QED) is 0.642. The zero-order valence-corrected chi connectivity index (χ0v) is 11.0. The highest BCUT2D eigenvalue weighted by Crippen LogP contribution is 2.16. The lowest BCUT2D eigenvalue weighted by atomic mass is 10.0. The van der Waals surface area contributed by atoms with Crippen molar-refractivity contribution in [2.24, 2.45) is 0 Å². The molecular formula is C13H28N2O. The lowest BCUT2D eigenvalue weighted by Gasteiger charge is -2.32. The largest absolute Gasteiger partial charge is 0.382 e. The van der Waals surface area contributed by atoms with Crippen LogP contribution >= 0.6 is 0 Å². The summed E-state index contributed by atoms with van der Waals surface area (Å²) in [5, 5.41) is 3.51. The SMILES string of the molecule is CCOCCCNCCC1CCCCN1C. The normalized spacial score (nSPS) is 22.5. The Morgan fingerprint density at radius 1 is 1.31 bits per heavy atom. The van der Waals surface area contributed by atoms with Crippen LogP contribution in [0, 0.1) is 0 Å². The van der Waals surface area contributed by atoms with E-state index in [1.165, 1.54) is 32.2 Å². The minimum absolute atomic E-state index is 0.813. The molecule has 96 valence electrons. The highest BCUT2D eigenvalue weighted by Gasteiger charge is 2.17. The van der Waals surface area contributed by atoms with Crippen LogP contribution in [0.3, 0.4) is 0 Å². The third-order valence-corrected chi connectivity index (χ3v) is 3.42. The molecule has 1 unspecified atom stereocenters. The smallest absolute Gasteiger partial charge is 0.0477 e. The second-order valence-corrected chi connectivity index (χ2v) is 4.72. The number of hydrogen-bond acceptors (Lipinski definition) is 3. The molecule has 3 nitrogen and oxygen atoms in total. The zero-order valence-electron chi connectivity index (χ0n) is 11.0. The summed E-state index contributed by atoms with van der Waals surface area (Å²) >= 11 is 0. The predicted octanol–water partition coefficient (Wildman–Crippen LogP) is 1.88. The lowest BCUT2D eigenvalue weighted by molar-refractivity contribution is 0.144. The van der Waals surface area contributed by atoms with Gasteiger partial charge < -0.3 is 15.0 Å². The van der Waals surface area contributed by atoms with E-state index in [9.17, 15) is 0 Å². The van der Waals surface area contributed by atoms with Gasteiger partial charge in [0.1, 0.15) is 0 Å². The Bertz CT molecular complexity index is 164. The first kappa shape index (κ1) is 13.9. The van der Waals surface area contributed by atoms with E-state index in [1.807, 2.05) is 6.92 Å². The number of nitrogens with zero attached hydrogens (tertiary/aromatic N) is 1. The predicted molar refractivity (Wildman–Crippen MR) is 68.9 cm³/mol. The molecule has 1 rings (SSSR count). The van der Waals surface area contributed by atoms with Gasteiger partial charge in [-0.25, -0.2) is 0 Å². The third kappa shape index (κ3) is 5.83. The number of nitrogens with one attached hydrogen (secondary N) is 1. The summed E-state index contributed by atoms with van der Waals surface area (Å²) in [4.78, 5) is 2.52.